The van der Waals surface area contributed by atoms with E-state index in [4.69, 9.17) is 4.74 Å². The minimum absolute atomic E-state index is 0.00487. The summed E-state index contributed by atoms with van der Waals surface area (Å²) >= 11 is 0. The van der Waals surface area contributed by atoms with Crippen LogP contribution in [-0.2, 0) is 12.8 Å². The molecule has 0 unspecified atom stereocenters. The van der Waals surface area contributed by atoms with Gasteiger partial charge in [-0.05, 0) is 72.9 Å². The van der Waals surface area contributed by atoms with Crippen LogP contribution in [0.3, 0.4) is 0 Å². The molecule has 1 heterocycles. The number of carbonyl (C=O) groups is 2. The van der Waals surface area contributed by atoms with Crippen molar-refractivity contribution in [1.82, 2.24) is 10.3 Å². The van der Waals surface area contributed by atoms with Gasteiger partial charge in [0.25, 0.3) is 5.91 Å². The first-order valence-corrected chi connectivity index (χ1v) is 12.8. The summed E-state index contributed by atoms with van der Waals surface area (Å²) in [5.74, 6) is -0.579. The van der Waals surface area contributed by atoms with E-state index in [-0.39, 0.29) is 17.5 Å². The van der Waals surface area contributed by atoms with E-state index >= 15 is 0 Å². The fourth-order valence-corrected chi connectivity index (χ4v) is 4.72. The topological polar surface area (TPSA) is 121 Å². The first-order valence-electron chi connectivity index (χ1n) is 12.8. The number of ether oxygens (including phenoxy) is 1. The number of rotatable bonds is 9. The summed E-state index contributed by atoms with van der Waals surface area (Å²) in [5.41, 5.74) is 3.95. The molecule has 8 heteroatoms. The molecule has 198 valence electrons. The molecular formula is C31H29N3O5. The molecule has 1 amide bonds. The second kappa shape index (κ2) is 11.9. The summed E-state index contributed by atoms with van der Waals surface area (Å²) in [6, 6.07) is 22.9. The van der Waals surface area contributed by atoms with Crippen molar-refractivity contribution in [3.05, 3.63) is 119 Å². The second-order valence-electron chi connectivity index (χ2n) is 9.55. The zero-order valence-corrected chi connectivity index (χ0v) is 21.2. The van der Waals surface area contributed by atoms with Gasteiger partial charge < -0.3 is 25.6 Å². The molecule has 39 heavy (non-hydrogen) atoms. The van der Waals surface area contributed by atoms with Crippen molar-refractivity contribution in [3.63, 3.8) is 0 Å². The maximum absolute atomic E-state index is 12.6. The highest BCUT2D eigenvalue weighted by Gasteiger charge is 2.20. The Hall–Kier alpha value is -4.53. The van der Waals surface area contributed by atoms with Crippen LogP contribution < -0.4 is 15.4 Å². The summed E-state index contributed by atoms with van der Waals surface area (Å²) < 4.78 is 6.07. The number of carboxylic acid groups (broad SMARTS) is 1. The molecule has 0 aliphatic heterocycles. The average Bonchev–Trinajstić information content (AvgIpc) is 2.96. The van der Waals surface area contributed by atoms with Gasteiger partial charge in [-0.3, -0.25) is 9.78 Å². The minimum atomic E-state index is -1.12. The monoisotopic (exact) mass is 523 g/mol. The lowest BCUT2D eigenvalue weighted by Crippen LogP contribution is -2.37. The fraction of sp³-hybridized carbons (Fsp3) is 0.194. The highest BCUT2D eigenvalue weighted by Crippen LogP contribution is 2.31. The van der Waals surface area contributed by atoms with Crippen LogP contribution in [0.1, 0.15) is 49.9 Å². The molecule has 0 saturated heterocycles. The zero-order chi connectivity index (χ0) is 27.2. The number of aliphatic hydroxyl groups excluding tert-OH is 1. The van der Waals surface area contributed by atoms with Gasteiger partial charge in [-0.15, -0.1) is 0 Å². The standard InChI is InChI=1S/C31H29N3O5/c35-29(22-7-4-12-32-18-22)19-33-25-10-8-20-9-11-27(15-23(20)13-25)39-28-16-24(31(37)38)14-26(17-28)34-30(36)21-5-2-1-3-6-21/h1-7,9,11-12,14-18,25,29,33,35H,8,10,13,19H2,(H,34,36)(H,37,38)/t25-,29-/m0/s1. The maximum atomic E-state index is 12.6. The highest BCUT2D eigenvalue weighted by atomic mass is 16.5. The van der Waals surface area contributed by atoms with Crippen LogP contribution in [0.15, 0.2) is 91.3 Å². The number of aryl methyl sites for hydroxylation is 1. The number of benzene rings is 3. The first kappa shape index (κ1) is 26.1. The molecule has 8 nitrogen and oxygen atoms in total. The molecule has 0 saturated carbocycles. The number of aromatic nitrogens is 1. The van der Waals surface area contributed by atoms with Crippen LogP contribution in [0, 0.1) is 0 Å². The van der Waals surface area contributed by atoms with E-state index in [2.05, 4.69) is 15.6 Å². The Morgan fingerprint density at radius 3 is 2.56 bits per heavy atom. The SMILES string of the molecule is O=C(O)c1cc(NC(=O)c2ccccc2)cc(Oc2ccc3c(c2)C[C@@H](NC[C@H](O)c2cccnc2)CC3)c1. The van der Waals surface area contributed by atoms with Gasteiger partial charge in [0.05, 0.1) is 11.7 Å². The van der Waals surface area contributed by atoms with Crippen LogP contribution in [0.2, 0.25) is 0 Å². The molecule has 2 atom stereocenters. The number of nitrogens with one attached hydrogen (secondary N) is 2. The Bertz CT molecular complexity index is 1460. The number of pyridine rings is 1. The Balaban J connectivity index is 1.27. The van der Waals surface area contributed by atoms with E-state index in [0.29, 0.717) is 29.3 Å². The number of hydrogen-bond donors (Lipinski definition) is 4. The van der Waals surface area contributed by atoms with E-state index in [0.717, 1.165) is 30.4 Å². The number of aliphatic hydroxyl groups is 1. The van der Waals surface area contributed by atoms with Crippen molar-refractivity contribution < 1.29 is 24.5 Å². The Labute approximate surface area is 226 Å². The van der Waals surface area contributed by atoms with Crippen molar-refractivity contribution >= 4 is 17.6 Å². The molecule has 1 aromatic heterocycles. The van der Waals surface area contributed by atoms with Crippen LogP contribution in [0.5, 0.6) is 11.5 Å². The van der Waals surface area contributed by atoms with E-state index < -0.39 is 12.1 Å². The van der Waals surface area contributed by atoms with Crippen LogP contribution >= 0.6 is 0 Å². The van der Waals surface area contributed by atoms with Crippen molar-refractivity contribution in [2.24, 2.45) is 0 Å². The predicted octanol–water partition coefficient (Wildman–Crippen LogP) is 5.00. The summed E-state index contributed by atoms with van der Waals surface area (Å²) in [6.07, 6.45) is 5.36. The summed E-state index contributed by atoms with van der Waals surface area (Å²) in [7, 11) is 0. The number of fused-ring (bicyclic) bond motifs is 1. The number of carboxylic acids is 1. The maximum Gasteiger partial charge on any atom is 0.335 e. The lowest BCUT2D eigenvalue weighted by atomic mass is 9.88. The fourth-order valence-electron chi connectivity index (χ4n) is 4.72. The molecule has 1 aliphatic carbocycles. The van der Waals surface area contributed by atoms with Crippen molar-refractivity contribution in [2.75, 3.05) is 11.9 Å². The van der Waals surface area contributed by atoms with Gasteiger partial charge in [-0.2, -0.15) is 0 Å². The van der Waals surface area contributed by atoms with Crippen LogP contribution in [0.4, 0.5) is 5.69 Å². The lowest BCUT2D eigenvalue weighted by Gasteiger charge is -2.27. The van der Waals surface area contributed by atoms with Gasteiger partial charge in [0.2, 0.25) is 0 Å². The average molecular weight is 524 g/mol. The summed E-state index contributed by atoms with van der Waals surface area (Å²) in [4.78, 5) is 28.4. The largest absolute Gasteiger partial charge is 0.478 e. The predicted molar refractivity (Wildman–Crippen MR) is 147 cm³/mol. The Morgan fingerprint density at radius 2 is 1.79 bits per heavy atom. The molecule has 4 N–H and O–H groups in total. The number of carbonyl (C=O) groups excluding carboxylic acids is 1. The molecule has 0 radical (unpaired) electrons. The molecule has 0 bridgehead atoms. The molecule has 4 aromatic rings. The quantitative estimate of drug-likeness (QED) is 0.244. The molecule has 1 aliphatic rings. The number of amides is 1. The molecule has 0 spiro atoms. The van der Waals surface area contributed by atoms with Gasteiger partial charge in [0.15, 0.2) is 0 Å². The number of nitrogens with zero attached hydrogens (tertiary/aromatic N) is 1. The molecular weight excluding hydrogens is 494 g/mol. The van der Waals surface area contributed by atoms with E-state index in [9.17, 15) is 19.8 Å². The summed E-state index contributed by atoms with van der Waals surface area (Å²) in [5, 5.41) is 26.3. The second-order valence-corrected chi connectivity index (χ2v) is 9.55. The number of hydrogen-bond acceptors (Lipinski definition) is 6. The van der Waals surface area contributed by atoms with Gasteiger partial charge in [0, 0.05) is 47.9 Å². The number of anilines is 1. The Kier molecular flexibility index (Phi) is 7.96. The highest BCUT2D eigenvalue weighted by molar-refractivity contribution is 6.05. The van der Waals surface area contributed by atoms with E-state index in [1.54, 1.807) is 42.7 Å². The van der Waals surface area contributed by atoms with Gasteiger partial charge >= 0.3 is 5.97 Å². The smallest absolute Gasteiger partial charge is 0.335 e. The third-order valence-corrected chi connectivity index (χ3v) is 6.76. The number of aromatic carboxylic acids is 1. The van der Waals surface area contributed by atoms with Crippen LogP contribution in [-0.4, -0.2) is 39.7 Å². The van der Waals surface area contributed by atoms with Gasteiger partial charge in [-0.25, -0.2) is 4.79 Å². The summed E-state index contributed by atoms with van der Waals surface area (Å²) in [6.45, 7) is 0.432. The third kappa shape index (κ3) is 6.67. The zero-order valence-electron chi connectivity index (χ0n) is 21.2. The van der Waals surface area contributed by atoms with Gasteiger partial charge in [-0.1, -0.05) is 30.3 Å². The van der Waals surface area contributed by atoms with Crippen LogP contribution in [0.25, 0.3) is 0 Å². The van der Waals surface area contributed by atoms with Crippen molar-refractivity contribution in [3.8, 4) is 11.5 Å². The van der Waals surface area contributed by atoms with Gasteiger partial charge in [0.1, 0.15) is 11.5 Å². The van der Waals surface area contributed by atoms with E-state index in [1.165, 1.54) is 17.7 Å². The Morgan fingerprint density at radius 1 is 0.949 bits per heavy atom. The first-order chi connectivity index (χ1) is 18.9. The molecule has 5 rings (SSSR count). The normalized spacial score (nSPS) is 15.2. The van der Waals surface area contributed by atoms with Crippen molar-refractivity contribution in [1.29, 1.82) is 0 Å². The van der Waals surface area contributed by atoms with Crippen molar-refractivity contribution in [2.45, 2.75) is 31.4 Å². The van der Waals surface area contributed by atoms with E-state index in [1.807, 2.05) is 36.4 Å². The molecule has 3 aromatic carbocycles. The minimum Gasteiger partial charge on any atom is -0.478 e. The molecule has 0 fully saturated rings. The lowest BCUT2D eigenvalue weighted by molar-refractivity contribution is 0.0696. The third-order valence-electron chi connectivity index (χ3n) is 6.76.